The first-order valence-corrected chi connectivity index (χ1v) is 8.22. The molecule has 0 fully saturated rings. The summed E-state index contributed by atoms with van der Waals surface area (Å²) in [6.45, 7) is 3.69. The summed E-state index contributed by atoms with van der Waals surface area (Å²) in [6.07, 6.45) is 3.32. The lowest BCUT2D eigenvalue weighted by Crippen LogP contribution is -2.48. The van der Waals surface area contributed by atoms with Gasteiger partial charge in [0.15, 0.2) is 6.04 Å². The Hall–Kier alpha value is -1.88. The molecular formula is C18H27NO4. The number of amides is 1. The predicted molar refractivity (Wildman–Crippen MR) is 88.6 cm³/mol. The number of aliphatic hydroxyl groups is 1. The Morgan fingerprint density at radius 2 is 1.87 bits per heavy atom. The van der Waals surface area contributed by atoms with Crippen molar-refractivity contribution in [2.75, 3.05) is 0 Å². The van der Waals surface area contributed by atoms with Gasteiger partial charge in [-0.2, -0.15) is 0 Å². The molecule has 5 heteroatoms. The highest BCUT2D eigenvalue weighted by Crippen LogP contribution is 2.06. The normalized spacial score (nSPS) is 13.2. The molecule has 1 amide bonds. The van der Waals surface area contributed by atoms with E-state index in [0.29, 0.717) is 6.42 Å². The lowest BCUT2D eigenvalue weighted by molar-refractivity contribution is -0.152. The molecule has 2 atom stereocenters. The van der Waals surface area contributed by atoms with Crippen LogP contribution in [0, 0.1) is 0 Å². The van der Waals surface area contributed by atoms with Gasteiger partial charge in [-0.15, -0.1) is 0 Å². The summed E-state index contributed by atoms with van der Waals surface area (Å²) in [5.41, 5.74) is 0.857. The quantitative estimate of drug-likeness (QED) is 0.513. The van der Waals surface area contributed by atoms with Gasteiger partial charge in [0.2, 0.25) is 5.91 Å². The fourth-order valence-electron chi connectivity index (χ4n) is 2.15. The third-order valence-electron chi connectivity index (χ3n) is 3.53. The van der Waals surface area contributed by atoms with Crippen LogP contribution in [-0.4, -0.2) is 29.1 Å². The highest BCUT2D eigenvalue weighted by atomic mass is 16.5. The minimum absolute atomic E-state index is 0.120. The van der Waals surface area contributed by atoms with Gasteiger partial charge < -0.3 is 15.2 Å². The number of hydrogen-bond donors (Lipinski definition) is 2. The average molecular weight is 321 g/mol. The van der Waals surface area contributed by atoms with E-state index < -0.39 is 18.1 Å². The van der Waals surface area contributed by atoms with Gasteiger partial charge in [0.25, 0.3) is 0 Å². The number of nitrogens with one attached hydrogen (secondary N) is 1. The van der Waals surface area contributed by atoms with E-state index in [0.717, 1.165) is 31.2 Å². The second-order valence-electron chi connectivity index (χ2n) is 5.69. The maximum absolute atomic E-state index is 12.1. The lowest BCUT2D eigenvalue weighted by Gasteiger charge is -2.20. The largest absolute Gasteiger partial charge is 0.459 e. The zero-order chi connectivity index (χ0) is 17.1. The van der Waals surface area contributed by atoms with Gasteiger partial charge in [-0.05, 0) is 18.9 Å². The Labute approximate surface area is 138 Å². The SMILES string of the molecule is CCCCCCC(=O)N[C@@H](C(=O)OCc1ccccc1)[C@H](C)O. The molecule has 1 aromatic carbocycles. The summed E-state index contributed by atoms with van der Waals surface area (Å²) in [7, 11) is 0. The average Bonchev–Trinajstić information content (AvgIpc) is 2.55. The summed E-state index contributed by atoms with van der Waals surface area (Å²) in [6, 6.07) is 8.25. The van der Waals surface area contributed by atoms with E-state index in [4.69, 9.17) is 4.74 Å². The number of rotatable bonds is 10. The molecule has 0 aliphatic rings. The van der Waals surface area contributed by atoms with Gasteiger partial charge in [-0.25, -0.2) is 4.79 Å². The van der Waals surface area contributed by atoms with Crippen LogP contribution in [0.5, 0.6) is 0 Å². The third kappa shape index (κ3) is 7.79. The Balaban J connectivity index is 2.43. The summed E-state index contributed by atoms with van der Waals surface area (Å²) < 4.78 is 5.18. The van der Waals surface area contributed by atoms with Crippen LogP contribution in [0.1, 0.15) is 51.5 Å². The fourth-order valence-corrected chi connectivity index (χ4v) is 2.15. The van der Waals surface area contributed by atoms with Gasteiger partial charge >= 0.3 is 5.97 Å². The number of carbonyl (C=O) groups is 2. The second kappa shape index (κ2) is 10.8. The number of unbranched alkanes of at least 4 members (excludes halogenated alkanes) is 3. The van der Waals surface area contributed by atoms with E-state index in [1.807, 2.05) is 30.3 Å². The molecule has 128 valence electrons. The molecule has 2 N–H and O–H groups in total. The first kappa shape index (κ1) is 19.2. The van der Waals surface area contributed by atoms with Crippen molar-refractivity contribution in [3.8, 4) is 0 Å². The molecule has 5 nitrogen and oxygen atoms in total. The van der Waals surface area contributed by atoms with Crippen LogP contribution >= 0.6 is 0 Å². The van der Waals surface area contributed by atoms with Crippen LogP contribution in [-0.2, 0) is 20.9 Å². The lowest BCUT2D eigenvalue weighted by atomic mass is 10.1. The van der Waals surface area contributed by atoms with Gasteiger partial charge in [0, 0.05) is 6.42 Å². The van der Waals surface area contributed by atoms with Crippen molar-refractivity contribution in [2.45, 2.75) is 64.7 Å². The van der Waals surface area contributed by atoms with Crippen LogP contribution in [0.2, 0.25) is 0 Å². The van der Waals surface area contributed by atoms with Crippen molar-refractivity contribution in [2.24, 2.45) is 0 Å². The van der Waals surface area contributed by atoms with Gasteiger partial charge in [-0.1, -0.05) is 56.5 Å². The van der Waals surface area contributed by atoms with Crippen molar-refractivity contribution in [1.82, 2.24) is 5.32 Å². The first-order valence-electron chi connectivity index (χ1n) is 8.22. The fraction of sp³-hybridized carbons (Fsp3) is 0.556. The first-order chi connectivity index (χ1) is 11.0. The van der Waals surface area contributed by atoms with Gasteiger partial charge in [0.05, 0.1) is 6.10 Å². The molecule has 0 aliphatic heterocycles. The van der Waals surface area contributed by atoms with Crippen molar-refractivity contribution in [1.29, 1.82) is 0 Å². The Kier molecular flexibility index (Phi) is 8.98. The van der Waals surface area contributed by atoms with E-state index in [9.17, 15) is 14.7 Å². The number of hydrogen-bond acceptors (Lipinski definition) is 4. The predicted octanol–water partition coefficient (Wildman–Crippen LogP) is 2.57. The molecule has 0 saturated heterocycles. The highest BCUT2D eigenvalue weighted by Gasteiger charge is 2.26. The molecule has 0 aliphatic carbocycles. The molecule has 0 radical (unpaired) electrons. The van der Waals surface area contributed by atoms with E-state index in [1.54, 1.807) is 0 Å². The molecular weight excluding hydrogens is 294 g/mol. The molecule has 0 bridgehead atoms. The molecule has 0 unspecified atom stereocenters. The summed E-state index contributed by atoms with van der Waals surface area (Å²) in [5.74, 6) is -0.852. The summed E-state index contributed by atoms with van der Waals surface area (Å²) in [4.78, 5) is 23.9. The van der Waals surface area contributed by atoms with Crippen molar-refractivity contribution in [3.63, 3.8) is 0 Å². The summed E-state index contributed by atoms with van der Waals surface area (Å²) in [5, 5.41) is 12.3. The van der Waals surface area contributed by atoms with E-state index in [1.165, 1.54) is 6.92 Å². The maximum atomic E-state index is 12.1. The second-order valence-corrected chi connectivity index (χ2v) is 5.69. The van der Waals surface area contributed by atoms with Crippen LogP contribution in [0.3, 0.4) is 0 Å². The number of carbonyl (C=O) groups excluding carboxylic acids is 2. The van der Waals surface area contributed by atoms with Crippen molar-refractivity contribution >= 4 is 11.9 Å². The van der Waals surface area contributed by atoms with E-state index >= 15 is 0 Å². The highest BCUT2D eigenvalue weighted by molar-refractivity contribution is 5.84. The van der Waals surface area contributed by atoms with Crippen molar-refractivity contribution in [3.05, 3.63) is 35.9 Å². The third-order valence-corrected chi connectivity index (χ3v) is 3.53. The molecule has 1 aromatic rings. The number of ether oxygens (including phenoxy) is 1. The Bertz CT molecular complexity index is 473. The van der Waals surface area contributed by atoms with E-state index in [-0.39, 0.29) is 12.5 Å². The topological polar surface area (TPSA) is 75.6 Å². The van der Waals surface area contributed by atoms with E-state index in [2.05, 4.69) is 12.2 Å². The Morgan fingerprint density at radius 1 is 1.17 bits per heavy atom. The van der Waals surface area contributed by atoms with Crippen LogP contribution in [0.25, 0.3) is 0 Å². The van der Waals surface area contributed by atoms with Crippen LogP contribution in [0.4, 0.5) is 0 Å². The zero-order valence-corrected chi connectivity index (χ0v) is 14.0. The molecule has 0 spiro atoms. The van der Waals surface area contributed by atoms with Gasteiger partial charge in [0.1, 0.15) is 6.61 Å². The smallest absolute Gasteiger partial charge is 0.331 e. The minimum Gasteiger partial charge on any atom is -0.459 e. The maximum Gasteiger partial charge on any atom is 0.331 e. The van der Waals surface area contributed by atoms with Crippen molar-refractivity contribution < 1.29 is 19.4 Å². The number of benzene rings is 1. The van der Waals surface area contributed by atoms with Crippen LogP contribution < -0.4 is 5.32 Å². The van der Waals surface area contributed by atoms with Gasteiger partial charge in [-0.3, -0.25) is 4.79 Å². The Morgan fingerprint density at radius 3 is 2.48 bits per heavy atom. The molecule has 23 heavy (non-hydrogen) atoms. The molecule has 0 saturated carbocycles. The number of aliphatic hydroxyl groups excluding tert-OH is 1. The standard InChI is InChI=1S/C18H27NO4/c1-3-4-5-9-12-16(21)19-17(14(2)20)18(22)23-13-15-10-7-6-8-11-15/h6-8,10-11,14,17,20H,3-5,9,12-13H2,1-2H3,(H,19,21)/t14-,17+/m0/s1. The zero-order valence-electron chi connectivity index (χ0n) is 14.0. The molecule has 0 heterocycles. The van der Waals surface area contributed by atoms with Crippen LogP contribution in [0.15, 0.2) is 30.3 Å². The number of esters is 1. The molecule has 0 aromatic heterocycles. The summed E-state index contributed by atoms with van der Waals surface area (Å²) >= 11 is 0. The monoisotopic (exact) mass is 321 g/mol. The minimum atomic E-state index is -1.03. The molecule has 1 rings (SSSR count).